The molecule has 4 rings (SSSR count). The number of nitrogens with one attached hydrogen (secondary N) is 2. The van der Waals surface area contributed by atoms with Gasteiger partial charge >= 0.3 is 0 Å². The van der Waals surface area contributed by atoms with Crippen molar-refractivity contribution in [2.24, 2.45) is 11.8 Å². The largest absolute Gasteiger partial charge is 0.394 e. The summed E-state index contributed by atoms with van der Waals surface area (Å²) in [7, 11) is 0. The molecule has 3 amide bonds. The number of hydrogen-bond donors (Lipinski definition) is 3. The van der Waals surface area contributed by atoms with Crippen molar-refractivity contribution >= 4 is 17.7 Å². The minimum absolute atomic E-state index is 0.225. The minimum atomic E-state index is -1.06. The highest BCUT2D eigenvalue weighted by molar-refractivity contribution is 5.99. The molecule has 3 saturated heterocycles. The van der Waals surface area contributed by atoms with Crippen LogP contribution in [-0.2, 0) is 25.7 Å². The average Bonchev–Trinajstić information content (AvgIpc) is 3.43. The van der Waals surface area contributed by atoms with Gasteiger partial charge in [-0.25, -0.2) is 0 Å². The highest BCUT2D eigenvalue weighted by Crippen LogP contribution is 2.63. The van der Waals surface area contributed by atoms with Crippen LogP contribution in [0.25, 0.3) is 0 Å². The Morgan fingerprint density at radius 2 is 1.89 bits per heavy atom. The van der Waals surface area contributed by atoms with Crippen molar-refractivity contribution in [1.82, 2.24) is 15.5 Å². The topological polar surface area (TPSA) is 108 Å². The summed E-state index contributed by atoms with van der Waals surface area (Å²) < 4.78 is 6.59. The second-order valence-corrected chi connectivity index (χ2v) is 10.4. The van der Waals surface area contributed by atoms with Crippen LogP contribution >= 0.6 is 0 Å². The summed E-state index contributed by atoms with van der Waals surface area (Å²) in [4.78, 5) is 42.5. The van der Waals surface area contributed by atoms with Crippen molar-refractivity contribution in [3.05, 3.63) is 35.9 Å². The van der Waals surface area contributed by atoms with Gasteiger partial charge in [0.05, 0.1) is 30.1 Å². The first-order valence-corrected chi connectivity index (χ1v) is 13.1. The van der Waals surface area contributed by atoms with Gasteiger partial charge in [0, 0.05) is 13.1 Å². The second-order valence-electron chi connectivity index (χ2n) is 10.4. The SMILES string of the molecule is CCCCCNC(=O)C1N([C@@H](CC)CO)C(=O)[C@@H]2[C@H](C(=O)NCc3ccccc3)[C@]3(C)CCC12O3. The molecule has 0 aromatic heterocycles. The van der Waals surface area contributed by atoms with Crippen molar-refractivity contribution in [2.75, 3.05) is 13.2 Å². The molecule has 3 aliphatic heterocycles. The zero-order valence-corrected chi connectivity index (χ0v) is 21.1. The summed E-state index contributed by atoms with van der Waals surface area (Å²) in [5, 5.41) is 16.1. The number of ether oxygens (including phenoxy) is 1. The smallest absolute Gasteiger partial charge is 0.245 e. The lowest BCUT2D eigenvalue weighted by atomic mass is 9.66. The van der Waals surface area contributed by atoms with E-state index in [1.165, 1.54) is 4.90 Å². The third-order valence-electron chi connectivity index (χ3n) is 8.21. The van der Waals surface area contributed by atoms with Crippen molar-refractivity contribution in [1.29, 1.82) is 0 Å². The van der Waals surface area contributed by atoms with Gasteiger partial charge in [0.2, 0.25) is 17.7 Å². The predicted molar refractivity (Wildman–Crippen MR) is 131 cm³/mol. The lowest BCUT2D eigenvalue weighted by Crippen LogP contribution is -2.58. The molecular weight excluding hydrogens is 446 g/mol. The Labute approximate surface area is 207 Å². The number of hydrogen-bond acceptors (Lipinski definition) is 5. The Kier molecular flexibility index (Phi) is 7.52. The van der Waals surface area contributed by atoms with Crippen LogP contribution in [0.3, 0.4) is 0 Å². The minimum Gasteiger partial charge on any atom is -0.394 e. The lowest BCUT2D eigenvalue weighted by Gasteiger charge is -2.36. The third-order valence-corrected chi connectivity index (χ3v) is 8.21. The number of likely N-dealkylation sites (tertiary alicyclic amines) is 1. The molecule has 1 aromatic rings. The van der Waals surface area contributed by atoms with Crippen molar-refractivity contribution in [2.45, 2.75) is 89.1 Å². The van der Waals surface area contributed by atoms with Gasteiger partial charge < -0.3 is 25.4 Å². The number of benzene rings is 1. The van der Waals surface area contributed by atoms with Crippen molar-refractivity contribution < 1.29 is 24.2 Å². The number of carbonyl (C=O) groups is 3. The van der Waals surface area contributed by atoms with Gasteiger partial charge in [-0.1, -0.05) is 57.0 Å². The van der Waals surface area contributed by atoms with Gasteiger partial charge in [0.1, 0.15) is 11.6 Å². The molecular formula is C27H39N3O5. The fraction of sp³-hybridized carbons (Fsp3) is 0.667. The summed E-state index contributed by atoms with van der Waals surface area (Å²) in [5.74, 6) is -2.17. The van der Waals surface area contributed by atoms with E-state index in [4.69, 9.17) is 4.74 Å². The first kappa shape index (κ1) is 25.6. The van der Waals surface area contributed by atoms with E-state index in [0.717, 1.165) is 24.8 Å². The molecule has 2 unspecified atom stereocenters. The Hall–Kier alpha value is -2.45. The van der Waals surface area contributed by atoms with Gasteiger partial charge in [-0.2, -0.15) is 0 Å². The maximum Gasteiger partial charge on any atom is 0.245 e. The number of rotatable bonds is 11. The number of carbonyl (C=O) groups excluding carboxylic acids is 3. The monoisotopic (exact) mass is 485 g/mol. The first-order chi connectivity index (χ1) is 16.8. The quantitative estimate of drug-likeness (QED) is 0.416. The highest BCUT2D eigenvalue weighted by Gasteiger charge is 2.78. The van der Waals surface area contributed by atoms with Gasteiger partial charge in [-0.3, -0.25) is 14.4 Å². The summed E-state index contributed by atoms with van der Waals surface area (Å²) >= 11 is 0. The van der Waals surface area contributed by atoms with Crippen LogP contribution in [0.1, 0.15) is 64.9 Å². The van der Waals surface area contributed by atoms with E-state index in [2.05, 4.69) is 17.6 Å². The van der Waals surface area contributed by atoms with E-state index in [-0.39, 0.29) is 24.3 Å². The Morgan fingerprint density at radius 3 is 2.54 bits per heavy atom. The highest BCUT2D eigenvalue weighted by atomic mass is 16.5. The first-order valence-electron chi connectivity index (χ1n) is 13.1. The maximum absolute atomic E-state index is 13.9. The number of unbranched alkanes of at least 4 members (excludes halogenated alkanes) is 2. The zero-order valence-electron chi connectivity index (χ0n) is 21.1. The molecule has 192 valence electrons. The van der Waals surface area contributed by atoms with E-state index in [0.29, 0.717) is 32.4 Å². The van der Waals surface area contributed by atoms with Crippen LogP contribution < -0.4 is 10.6 Å². The number of aliphatic hydroxyl groups excluding tert-OH is 1. The van der Waals surface area contributed by atoms with E-state index in [1.54, 1.807) is 0 Å². The molecule has 0 radical (unpaired) electrons. The standard InChI is InChI=1S/C27H39N3O5/c1-4-6-10-15-28-24(33)22-27-14-13-26(3,35-27)20(21(27)25(34)30(22)19(5-2)17-31)23(32)29-16-18-11-8-7-9-12-18/h7-9,11-12,19-22,31H,4-6,10,13-17H2,1-3H3,(H,28,33)(H,29,32)/t19-,20+,21-,22?,26-,27?/m0/s1. The molecule has 6 atom stereocenters. The molecule has 0 saturated carbocycles. The van der Waals surface area contributed by atoms with Crippen LogP contribution in [0.4, 0.5) is 0 Å². The number of fused-ring (bicyclic) bond motifs is 1. The fourth-order valence-corrected chi connectivity index (χ4v) is 6.45. The lowest BCUT2D eigenvalue weighted by molar-refractivity contribution is -0.149. The summed E-state index contributed by atoms with van der Waals surface area (Å²) in [5.41, 5.74) is -0.896. The summed E-state index contributed by atoms with van der Waals surface area (Å²) in [6, 6.07) is 8.28. The van der Waals surface area contributed by atoms with E-state index in [1.807, 2.05) is 44.2 Å². The molecule has 8 nitrogen and oxygen atoms in total. The van der Waals surface area contributed by atoms with Gasteiger partial charge in [0.25, 0.3) is 0 Å². The van der Waals surface area contributed by atoms with Crippen LogP contribution in [0.2, 0.25) is 0 Å². The molecule has 2 bridgehead atoms. The molecule has 3 heterocycles. The van der Waals surface area contributed by atoms with Gasteiger partial charge in [-0.05, 0) is 38.2 Å². The summed E-state index contributed by atoms with van der Waals surface area (Å²) in [6.07, 6.45) is 4.55. The third kappa shape index (κ3) is 4.35. The van der Waals surface area contributed by atoms with E-state index in [9.17, 15) is 19.5 Å². The summed E-state index contributed by atoms with van der Waals surface area (Å²) in [6.45, 7) is 6.53. The van der Waals surface area contributed by atoms with Crippen LogP contribution in [0.15, 0.2) is 30.3 Å². The molecule has 3 aliphatic rings. The zero-order chi connectivity index (χ0) is 25.2. The molecule has 0 aliphatic carbocycles. The van der Waals surface area contributed by atoms with Crippen LogP contribution in [0, 0.1) is 11.8 Å². The van der Waals surface area contributed by atoms with Crippen molar-refractivity contribution in [3.63, 3.8) is 0 Å². The molecule has 1 aromatic carbocycles. The van der Waals surface area contributed by atoms with Crippen LogP contribution in [-0.4, -0.2) is 64.2 Å². The van der Waals surface area contributed by atoms with Gasteiger partial charge in [-0.15, -0.1) is 0 Å². The second kappa shape index (κ2) is 10.3. The Balaban J connectivity index is 1.63. The molecule has 1 spiro atoms. The van der Waals surface area contributed by atoms with Crippen molar-refractivity contribution in [3.8, 4) is 0 Å². The Bertz CT molecular complexity index is 936. The number of amides is 3. The number of nitrogens with zero attached hydrogens (tertiary/aromatic N) is 1. The molecule has 8 heteroatoms. The van der Waals surface area contributed by atoms with Crippen LogP contribution in [0.5, 0.6) is 0 Å². The predicted octanol–water partition coefficient (Wildman–Crippen LogP) is 2.14. The number of aliphatic hydroxyl groups is 1. The van der Waals surface area contributed by atoms with E-state index < -0.39 is 35.1 Å². The molecule has 3 fully saturated rings. The Morgan fingerprint density at radius 1 is 1.14 bits per heavy atom. The average molecular weight is 486 g/mol. The van der Waals surface area contributed by atoms with Gasteiger partial charge in [0.15, 0.2) is 0 Å². The molecule has 35 heavy (non-hydrogen) atoms. The fourth-order valence-electron chi connectivity index (χ4n) is 6.45. The normalized spacial score (nSPS) is 31.9. The van der Waals surface area contributed by atoms with E-state index >= 15 is 0 Å². The molecule has 3 N–H and O–H groups in total. The maximum atomic E-state index is 13.9.